The van der Waals surface area contributed by atoms with E-state index in [-0.39, 0.29) is 31.3 Å². The Bertz CT molecular complexity index is 1640. The van der Waals surface area contributed by atoms with Crippen molar-refractivity contribution < 1.29 is 22.7 Å². The number of benzene rings is 3. The first kappa shape index (κ1) is 33.4. The molecule has 1 N–H and O–H groups in total. The van der Waals surface area contributed by atoms with Crippen LogP contribution in [0.1, 0.15) is 73.8 Å². The van der Waals surface area contributed by atoms with Crippen molar-refractivity contribution in [1.29, 1.82) is 0 Å². The fourth-order valence-corrected chi connectivity index (χ4v) is 7.66. The van der Waals surface area contributed by atoms with Gasteiger partial charge in [-0.3, -0.25) is 9.52 Å². The molecule has 230 valence electrons. The summed E-state index contributed by atoms with van der Waals surface area (Å²) in [6.45, 7) is 5.98. The molecule has 0 aromatic heterocycles. The third kappa shape index (κ3) is 7.60. The number of imide groups is 1. The highest BCUT2D eigenvalue weighted by Crippen LogP contribution is 2.41. The minimum Gasteiger partial charge on any atom is -0.430 e. The largest absolute Gasteiger partial charge is 0.430 e. The quantitative estimate of drug-likeness (QED) is 0.192. The molecule has 1 unspecified atom stereocenters. The fraction of sp³-hybridized carbons (Fsp3) is 0.355. The van der Waals surface area contributed by atoms with E-state index in [9.17, 15) is 18.0 Å². The molecule has 12 heteroatoms. The predicted molar refractivity (Wildman–Crippen MR) is 173 cm³/mol. The monoisotopic (exact) mass is 684 g/mol. The molecular weight excluding hydrogens is 654 g/mol. The Balaban J connectivity index is 1.55. The van der Waals surface area contributed by atoms with Gasteiger partial charge in [0.15, 0.2) is 0 Å². The average molecular weight is 686 g/mol. The van der Waals surface area contributed by atoms with Gasteiger partial charge >= 0.3 is 6.09 Å². The molecule has 43 heavy (non-hydrogen) atoms. The van der Waals surface area contributed by atoms with E-state index in [1.54, 1.807) is 0 Å². The highest BCUT2D eigenvalue weighted by molar-refractivity contribution is 7.92. The van der Waals surface area contributed by atoms with Crippen LogP contribution in [0.15, 0.2) is 47.4 Å². The van der Waals surface area contributed by atoms with Crippen molar-refractivity contribution in [3.05, 3.63) is 84.8 Å². The van der Waals surface area contributed by atoms with Crippen molar-refractivity contribution in [3.63, 3.8) is 0 Å². The molecule has 1 fully saturated rings. The molecule has 2 amide bonds. The topological polar surface area (TPSA) is 92.8 Å². The smallest absolute Gasteiger partial charge is 0.422 e. The SMILES string of the molecule is CCCCCCCCc1cc(C)c(C2OC(=O)N(c3cc(Cl)c(S(=O)(=O)Nc4ccc(Cl)cc4Cl)cc3Cl)C2=O)c(C)c1. The molecule has 3 aromatic carbocycles. The molecule has 0 spiro atoms. The number of nitrogens with zero attached hydrogens (tertiary/aromatic N) is 1. The zero-order valence-electron chi connectivity index (χ0n) is 24.0. The maximum Gasteiger partial charge on any atom is 0.422 e. The van der Waals surface area contributed by atoms with Crippen LogP contribution in [0.3, 0.4) is 0 Å². The number of unbranched alkanes of at least 4 members (excludes halogenated alkanes) is 5. The maximum atomic E-state index is 13.6. The second-order valence-corrected chi connectivity index (χ2v) is 13.9. The Hall–Kier alpha value is -2.49. The van der Waals surface area contributed by atoms with Crippen molar-refractivity contribution in [2.75, 3.05) is 9.62 Å². The van der Waals surface area contributed by atoms with Crippen molar-refractivity contribution in [3.8, 4) is 0 Å². The molecule has 4 rings (SSSR count). The van der Waals surface area contributed by atoms with Crippen LogP contribution in [-0.2, 0) is 26.0 Å². The van der Waals surface area contributed by atoms with E-state index in [4.69, 9.17) is 51.1 Å². The summed E-state index contributed by atoms with van der Waals surface area (Å²) in [5, 5.41) is -0.0613. The van der Waals surface area contributed by atoms with Crippen LogP contribution in [-0.4, -0.2) is 20.4 Å². The van der Waals surface area contributed by atoms with Crippen LogP contribution < -0.4 is 9.62 Å². The summed E-state index contributed by atoms with van der Waals surface area (Å²) in [5.74, 6) is -0.653. The van der Waals surface area contributed by atoms with Gasteiger partial charge in [-0.1, -0.05) is 97.6 Å². The van der Waals surface area contributed by atoms with Crippen LogP contribution in [0.5, 0.6) is 0 Å². The first-order valence-electron chi connectivity index (χ1n) is 14.0. The lowest BCUT2D eigenvalue weighted by molar-refractivity contribution is -0.122. The van der Waals surface area contributed by atoms with E-state index in [0.717, 1.165) is 41.0 Å². The summed E-state index contributed by atoms with van der Waals surface area (Å²) >= 11 is 24.8. The number of hydrogen-bond donors (Lipinski definition) is 1. The highest BCUT2D eigenvalue weighted by Gasteiger charge is 2.45. The highest BCUT2D eigenvalue weighted by atomic mass is 35.5. The number of rotatable bonds is 12. The van der Waals surface area contributed by atoms with Crippen molar-refractivity contribution in [1.82, 2.24) is 0 Å². The van der Waals surface area contributed by atoms with Crippen LogP contribution in [0, 0.1) is 13.8 Å². The molecule has 7 nitrogen and oxygen atoms in total. The van der Waals surface area contributed by atoms with Crippen LogP contribution in [0.4, 0.5) is 16.2 Å². The van der Waals surface area contributed by atoms with Crippen LogP contribution in [0.25, 0.3) is 0 Å². The second-order valence-electron chi connectivity index (χ2n) is 10.6. The van der Waals surface area contributed by atoms with Crippen molar-refractivity contribution >= 4 is 79.8 Å². The average Bonchev–Trinajstić information content (AvgIpc) is 3.21. The van der Waals surface area contributed by atoms with Gasteiger partial charge in [-0.25, -0.2) is 18.1 Å². The Morgan fingerprint density at radius 2 is 1.49 bits per heavy atom. The zero-order chi connectivity index (χ0) is 31.5. The Morgan fingerprint density at radius 1 is 0.837 bits per heavy atom. The first-order valence-corrected chi connectivity index (χ1v) is 16.9. The van der Waals surface area contributed by atoms with Gasteiger partial charge in [0.25, 0.3) is 15.9 Å². The molecule has 0 bridgehead atoms. The Morgan fingerprint density at radius 3 is 2.14 bits per heavy atom. The molecule has 1 saturated heterocycles. The molecule has 3 aromatic rings. The summed E-state index contributed by atoms with van der Waals surface area (Å²) in [6, 6.07) is 10.5. The first-order chi connectivity index (χ1) is 20.3. The summed E-state index contributed by atoms with van der Waals surface area (Å²) in [4.78, 5) is 27.0. The molecule has 0 aliphatic carbocycles. The van der Waals surface area contributed by atoms with Gasteiger partial charge in [-0.05, 0) is 73.7 Å². The van der Waals surface area contributed by atoms with Gasteiger partial charge in [0, 0.05) is 10.6 Å². The second kappa shape index (κ2) is 14.1. The zero-order valence-corrected chi connectivity index (χ0v) is 27.8. The van der Waals surface area contributed by atoms with E-state index >= 15 is 0 Å². The Labute approximate surface area is 272 Å². The number of nitrogens with one attached hydrogen (secondary N) is 1. The standard InChI is InChI=1S/C31H32Cl4N2O5S/c1-4-5-6-7-8-9-10-20-13-18(2)28(19(3)14-20)29-30(38)37(31(39)42-29)26-16-24(35)27(17-23(26)34)43(40,41)36-25-12-11-21(32)15-22(25)33/h11-17,29,36H,4-10H2,1-3H3. The van der Waals surface area contributed by atoms with Crippen molar-refractivity contribution in [2.45, 2.75) is 76.7 Å². The lowest BCUT2D eigenvalue weighted by Gasteiger charge is -2.18. The number of amides is 2. The number of aryl methyl sites for hydroxylation is 3. The number of hydrogen-bond acceptors (Lipinski definition) is 5. The number of anilines is 2. The van der Waals surface area contributed by atoms with E-state index in [0.29, 0.717) is 10.6 Å². The molecule has 1 aliphatic rings. The normalized spacial score (nSPS) is 15.2. The Kier molecular flexibility index (Phi) is 10.9. The number of halogens is 4. The van der Waals surface area contributed by atoms with Gasteiger partial charge in [-0.15, -0.1) is 0 Å². The number of cyclic esters (lactones) is 1. The van der Waals surface area contributed by atoms with Gasteiger partial charge in [0.2, 0.25) is 6.10 Å². The number of carbonyl (C=O) groups is 2. The third-order valence-electron chi connectivity index (χ3n) is 7.29. The molecule has 0 radical (unpaired) electrons. The fourth-order valence-electron chi connectivity index (χ4n) is 5.21. The number of sulfonamides is 1. The van der Waals surface area contributed by atoms with Gasteiger partial charge in [0.05, 0.1) is 26.4 Å². The molecule has 1 atom stereocenters. The molecule has 1 aliphatic heterocycles. The van der Waals surface area contributed by atoms with E-state index < -0.39 is 28.1 Å². The molecule has 0 saturated carbocycles. The summed E-state index contributed by atoms with van der Waals surface area (Å²) in [7, 11) is -4.26. The lowest BCUT2D eigenvalue weighted by Crippen LogP contribution is -2.30. The minimum atomic E-state index is -4.26. The van der Waals surface area contributed by atoms with Gasteiger partial charge < -0.3 is 4.74 Å². The van der Waals surface area contributed by atoms with Crippen molar-refractivity contribution in [2.24, 2.45) is 0 Å². The number of carbonyl (C=O) groups excluding carboxylic acids is 2. The van der Waals surface area contributed by atoms with E-state index in [1.807, 2.05) is 26.0 Å². The van der Waals surface area contributed by atoms with Gasteiger partial charge in [0.1, 0.15) is 4.90 Å². The predicted octanol–water partition coefficient (Wildman–Crippen LogP) is 9.85. The van der Waals surface area contributed by atoms with E-state index in [1.165, 1.54) is 55.9 Å². The maximum absolute atomic E-state index is 13.6. The molecule has 1 heterocycles. The number of ether oxygens (including phenoxy) is 1. The minimum absolute atomic E-state index is 0.0761. The van der Waals surface area contributed by atoms with Crippen LogP contribution >= 0.6 is 46.4 Å². The summed E-state index contributed by atoms with van der Waals surface area (Å²) < 4.78 is 34.1. The van der Waals surface area contributed by atoms with Crippen LogP contribution in [0.2, 0.25) is 20.1 Å². The molecular formula is C31H32Cl4N2O5S. The van der Waals surface area contributed by atoms with E-state index in [2.05, 4.69) is 11.6 Å². The lowest BCUT2D eigenvalue weighted by atomic mass is 9.93. The summed E-state index contributed by atoms with van der Waals surface area (Å²) in [6.07, 6.45) is 6.01. The third-order valence-corrected chi connectivity index (χ3v) is 9.97. The van der Waals surface area contributed by atoms with Gasteiger partial charge in [-0.2, -0.15) is 0 Å². The summed E-state index contributed by atoms with van der Waals surface area (Å²) in [5.41, 5.74) is 3.44.